The number of hydrogen-bond acceptors (Lipinski definition) is 6. The minimum atomic E-state index is -3.07. The van der Waals surface area contributed by atoms with Crippen LogP contribution in [0.4, 0.5) is 0 Å². The van der Waals surface area contributed by atoms with Crippen molar-refractivity contribution < 1.29 is 27.5 Å². The first-order valence-electron chi connectivity index (χ1n) is 8.62. The summed E-state index contributed by atoms with van der Waals surface area (Å²) in [5.41, 5.74) is 0.644. The lowest BCUT2D eigenvalue weighted by molar-refractivity contribution is -0.135. The second-order valence-corrected chi connectivity index (χ2v) is 9.26. The molecule has 1 N–H and O–H groups in total. The van der Waals surface area contributed by atoms with Crippen LogP contribution in [0.1, 0.15) is 12.5 Å². The van der Waals surface area contributed by atoms with Gasteiger partial charge in [0, 0.05) is 13.1 Å². The number of sulfone groups is 1. The molecule has 148 valence electrons. The molecular formula is C17H21ClN2O6S. The topological polar surface area (TPSA) is 102 Å². The minimum Gasteiger partial charge on any atom is -0.486 e. The van der Waals surface area contributed by atoms with Gasteiger partial charge in [-0.1, -0.05) is 11.6 Å². The van der Waals surface area contributed by atoms with Gasteiger partial charge in [-0.3, -0.25) is 9.59 Å². The van der Waals surface area contributed by atoms with Crippen LogP contribution in [0.2, 0.25) is 5.02 Å². The highest BCUT2D eigenvalue weighted by molar-refractivity contribution is 7.91. The molecule has 2 aliphatic rings. The van der Waals surface area contributed by atoms with E-state index in [9.17, 15) is 18.0 Å². The number of halogens is 1. The van der Waals surface area contributed by atoms with E-state index < -0.39 is 15.9 Å². The molecule has 2 heterocycles. The molecule has 1 atom stereocenters. The average molecular weight is 417 g/mol. The maximum Gasteiger partial charge on any atom is 0.244 e. The van der Waals surface area contributed by atoms with Gasteiger partial charge in [0.05, 0.1) is 22.9 Å². The highest BCUT2D eigenvalue weighted by Crippen LogP contribution is 2.38. The van der Waals surface area contributed by atoms with E-state index in [0.717, 1.165) is 0 Å². The Morgan fingerprint density at radius 2 is 1.89 bits per heavy atom. The van der Waals surface area contributed by atoms with E-state index in [1.54, 1.807) is 19.1 Å². The molecule has 1 unspecified atom stereocenters. The molecule has 0 saturated carbocycles. The van der Waals surface area contributed by atoms with Crippen molar-refractivity contribution >= 4 is 33.3 Å². The van der Waals surface area contributed by atoms with Gasteiger partial charge >= 0.3 is 0 Å². The second kappa shape index (κ2) is 7.93. The standard InChI is InChI=1S/C17H21ClN2O6S/c1-11(17(22)20-2-6-27(23,24)7-3-20)19-15(21)10-12-8-13(18)16-14(9-12)25-4-5-26-16/h8-9,11H,2-7,10H2,1H3,(H,19,21). The number of nitrogens with zero attached hydrogens (tertiary/aromatic N) is 1. The van der Waals surface area contributed by atoms with Crippen LogP contribution >= 0.6 is 11.6 Å². The summed E-state index contributed by atoms with van der Waals surface area (Å²) in [7, 11) is -3.07. The van der Waals surface area contributed by atoms with Crippen LogP contribution in [-0.2, 0) is 25.8 Å². The summed E-state index contributed by atoms with van der Waals surface area (Å²) in [4.78, 5) is 26.2. The SMILES string of the molecule is CC(NC(=O)Cc1cc(Cl)c2c(c1)OCCO2)C(=O)N1CCS(=O)(=O)CC1. The highest BCUT2D eigenvalue weighted by atomic mass is 35.5. The molecular weight excluding hydrogens is 396 g/mol. The lowest BCUT2D eigenvalue weighted by Gasteiger charge is -2.29. The lowest BCUT2D eigenvalue weighted by atomic mass is 10.1. The molecule has 1 aromatic rings. The number of rotatable bonds is 4. The van der Waals surface area contributed by atoms with E-state index in [-0.39, 0.29) is 42.8 Å². The van der Waals surface area contributed by atoms with Crippen LogP contribution < -0.4 is 14.8 Å². The molecule has 1 fully saturated rings. The summed E-state index contributed by atoms with van der Waals surface area (Å²) in [6, 6.07) is 2.59. The van der Waals surface area contributed by atoms with Gasteiger partial charge in [0.15, 0.2) is 21.3 Å². The van der Waals surface area contributed by atoms with Crippen molar-refractivity contribution in [2.24, 2.45) is 0 Å². The summed E-state index contributed by atoms with van der Waals surface area (Å²) >= 11 is 6.16. The van der Waals surface area contributed by atoms with E-state index in [4.69, 9.17) is 21.1 Å². The molecule has 0 radical (unpaired) electrons. The van der Waals surface area contributed by atoms with Gasteiger partial charge in [-0.2, -0.15) is 0 Å². The Hall–Kier alpha value is -2.00. The molecule has 10 heteroatoms. The zero-order chi connectivity index (χ0) is 19.6. The number of benzene rings is 1. The third-order valence-electron chi connectivity index (χ3n) is 4.43. The van der Waals surface area contributed by atoms with E-state index in [0.29, 0.717) is 35.3 Å². The molecule has 3 rings (SSSR count). The monoisotopic (exact) mass is 416 g/mol. The Morgan fingerprint density at radius 1 is 1.22 bits per heavy atom. The van der Waals surface area contributed by atoms with Crippen molar-refractivity contribution in [1.82, 2.24) is 10.2 Å². The third kappa shape index (κ3) is 4.84. The molecule has 0 aliphatic carbocycles. The fourth-order valence-electron chi connectivity index (χ4n) is 3.01. The van der Waals surface area contributed by atoms with Crippen molar-refractivity contribution in [3.05, 3.63) is 22.7 Å². The Kier molecular flexibility index (Phi) is 5.81. The average Bonchev–Trinajstić information content (AvgIpc) is 2.61. The number of amides is 2. The van der Waals surface area contributed by atoms with Crippen LogP contribution in [0.15, 0.2) is 12.1 Å². The summed E-state index contributed by atoms with van der Waals surface area (Å²) in [6.45, 7) is 2.72. The largest absolute Gasteiger partial charge is 0.486 e. The summed E-state index contributed by atoms with van der Waals surface area (Å²) in [5, 5.41) is 3.02. The Balaban J connectivity index is 1.57. The van der Waals surface area contributed by atoms with E-state index in [2.05, 4.69) is 5.32 Å². The zero-order valence-corrected chi connectivity index (χ0v) is 16.4. The highest BCUT2D eigenvalue weighted by Gasteiger charge is 2.28. The lowest BCUT2D eigenvalue weighted by Crippen LogP contribution is -2.51. The van der Waals surface area contributed by atoms with Crippen molar-refractivity contribution in [2.75, 3.05) is 37.8 Å². The molecule has 1 aromatic carbocycles. The van der Waals surface area contributed by atoms with E-state index >= 15 is 0 Å². The smallest absolute Gasteiger partial charge is 0.244 e. The fraction of sp³-hybridized carbons (Fsp3) is 0.529. The second-order valence-electron chi connectivity index (χ2n) is 6.54. The maximum atomic E-state index is 12.4. The van der Waals surface area contributed by atoms with Gasteiger partial charge in [-0.05, 0) is 24.6 Å². The van der Waals surface area contributed by atoms with Crippen LogP contribution in [0.5, 0.6) is 11.5 Å². The molecule has 1 saturated heterocycles. The van der Waals surface area contributed by atoms with Gasteiger partial charge in [0.25, 0.3) is 0 Å². The first-order valence-corrected chi connectivity index (χ1v) is 10.8. The molecule has 0 bridgehead atoms. The van der Waals surface area contributed by atoms with E-state index in [1.807, 2.05) is 0 Å². The predicted molar refractivity (Wildman–Crippen MR) is 99.0 cm³/mol. The first kappa shape index (κ1) is 19.8. The molecule has 27 heavy (non-hydrogen) atoms. The third-order valence-corrected chi connectivity index (χ3v) is 6.32. The number of hydrogen-bond donors (Lipinski definition) is 1. The quantitative estimate of drug-likeness (QED) is 0.763. The Labute approximate surface area is 162 Å². The predicted octanol–water partition coefficient (Wildman–Crippen LogP) is 0.415. The minimum absolute atomic E-state index is 0.0301. The van der Waals surface area contributed by atoms with Crippen molar-refractivity contribution in [1.29, 1.82) is 0 Å². The number of nitrogens with one attached hydrogen (secondary N) is 1. The fourth-order valence-corrected chi connectivity index (χ4v) is 4.50. The van der Waals surface area contributed by atoms with Gasteiger partial charge in [-0.25, -0.2) is 8.42 Å². The number of carbonyl (C=O) groups is 2. The van der Waals surface area contributed by atoms with Crippen molar-refractivity contribution in [2.45, 2.75) is 19.4 Å². The van der Waals surface area contributed by atoms with Crippen LogP contribution in [0.25, 0.3) is 0 Å². The number of fused-ring (bicyclic) bond motifs is 1. The molecule has 0 aromatic heterocycles. The van der Waals surface area contributed by atoms with Gasteiger partial charge in [-0.15, -0.1) is 0 Å². The first-order chi connectivity index (χ1) is 12.7. The molecule has 8 nitrogen and oxygen atoms in total. The zero-order valence-electron chi connectivity index (χ0n) is 14.9. The summed E-state index contributed by atoms with van der Waals surface area (Å²) < 4.78 is 33.9. The number of carbonyl (C=O) groups excluding carboxylic acids is 2. The summed E-state index contributed by atoms with van der Waals surface area (Å²) in [6.07, 6.45) is 0.0301. The molecule has 0 spiro atoms. The normalized spacial score (nSPS) is 19.3. The van der Waals surface area contributed by atoms with E-state index in [1.165, 1.54) is 4.90 Å². The maximum absolute atomic E-state index is 12.4. The van der Waals surface area contributed by atoms with Crippen LogP contribution in [0.3, 0.4) is 0 Å². The van der Waals surface area contributed by atoms with Gasteiger partial charge < -0.3 is 19.7 Å². The summed E-state index contributed by atoms with van der Waals surface area (Å²) in [5.74, 6) is 0.238. The van der Waals surface area contributed by atoms with Crippen molar-refractivity contribution in [3.8, 4) is 11.5 Å². The van der Waals surface area contributed by atoms with Crippen LogP contribution in [-0.4, -0.2) is 69.0 Å². The van der Waals surface area contributed by atoms with Crippen molar-refractivity contribution in [3.63, 3.8) is 0 Å². The molecule has 2 aliphatic heterocycles. The molecule has 2 amide bonds. The van der Waals surface area contributed by atoms with Crippen LogP contribution in [0, 0.1) is 0 Å². The Morgan fingerprint density at radius 3 is 2.59 bits per heavy atom. The Bertz CT molecular complexity index is 843. The number of ether oxygens (including phenoxy) is 2. The van der Waals surface area contributed by atoms with Gasteiger partial charge in [0.2, 0.25) is 11.8 Å². The van der Waals surface area contributed by atoms with Gasteiger partial charge in [0.1, 0.15) is 19.3 Å².